The van der Waals surface area contributed by atoms with Gasteiger partial charge in [0, 0.05) is 18.0 Å². The number of nitrogens with zero attached hydrogens (tertiary/aromatic N) is 3. The molecule has 4 heteroatoms. The highest BCUT2D eigenvalue weighted by atomic mass is 15.0. The summed E-state index contributed by atoms with van der Waals surface area (Å²) in [4.78, 5) is 13.0. The summed E-state index contributed by atoms with van der Waals surface area (Å²) < 4.78 is 0. The van der Waals surface area contributed by atoms with E-state index in [2.05, 4.69) is 28.8 Å². The summed E-state index contributed by atoms with van der Waals surface area (Å²) in [6, 6.07) is 5.71. The van der Waals surface area contributed by atoms with Crippen LogP contribution in [0, 0.1) is 6.92 Å². The van der Waals surface area contributed by atoms with E-state index in [0.717, 1.165) is 17.0 Å². The van der Waals surface area contributed by atoms with Crippen LogP contribution < -0.4 is 5.73 Å². The fourth-order valence-electron chi connectivity index (χ4n) is 1.55. The molecule has 0 saturated heterocycles. The van der Waals surface area contributed by atoms with Gasteiger partial charge in [0.25, 0.3) is 0 Å². The molecule has 0 aliphatic carbocycles. The lowest BCUT2D eigenvalue weighted by atomic mass is 10.1. The van der Waals surface area contributed by atoms with Crippen LogP contribution in [0.25, 0.3) is 11.5 Å². The number of pyridine rings is 1. The third-order valence-corrected chi connectivity index (χ3v) is 2.50. The molecular weight excluding hydrogens is 212 g/mol. The zero-order valence-corrected chi connectivity index (χ0v) is 10.3. The Hall–Kier alpha value is -1.97. The first-order chi connectivity index (χ1) is 8.06. The quantitative estimate of drug-likeness (QED) is 0.857. The first-order valence-corrected chi connectivity index (χ1v) is 5.63. The average molecular weight is 228 g/mol. The summed E-state index contributed by atoms with van der Waals surface area (Å²) >= 11 is 0. The molecule has 2 rings (SSSR count). The third kappa shape index (κ3) is 2.58. The molecule has 0 saturated carbocycles. The van der Waals surface area contributed by atoms with E-state index in [1.807, 2.05) is 25.1 Å². The van der Waals surface area contributed by atoms with Gasteiger partial charge in [0.05, 0.1) is 0 Å². The smallest absolute Gasteiger partial charge is 0.180 e. The monoisotopic (exact) mass is 228 g/mol. The molecule has 0 aromatic carbocycles. The van der Waals surface area contributed by atoms with E-state index in [1.165, 1.54) is 0 Å². The number of hydrogen-bond acceptors (Lipinski definition) is 4. The molecule has 0 fully saturated rings. The van der Waals surface area contributed by atoms with Crippen molar-refractivity contribution in [2.75, 3.05) is 5.73 Å². The van der Waals surface area contributed by atoms with Gasteiger partial charge in [0.15, 0.2) is 5.82 Å². The Labute approximate surface area is 101 Å². The lowest BCUT2D eigenvalue weighted by Gasteiger charge is -2.08. The predicted molar refractivity (Wildman–Crippen MR) is 68.5 cm³/mol. The summed E-state index contributed by atoms with van der Waals surface area (Å²) in [6.07, 6.45) is 1.76. The van der Waals surface area contributed by atoms with Crippen molar-refractivity contribution in [1.29, 1.82) is 0 Å². The molecule has 2 aromatic rings. The summed E-state index contributed by atoms with van der Waals surface area (Å²) in [5.41, 5.74) is 8.63. The van der Waals surface area contributed by atoms with Gasteiger partial charge in [-0.2, -0.15) is 0 Å². The Bertz CT molecular complexity index is 535. The molecule has 0 radical (unpaired) electrons. The maximum Gasteiger partial charge on any atom is 0.180 e. The van der Waals surface area contributed by atoms with Crippen LogP contribution in [-0.2, 0) is 0 Å². The van der Waals surface area contributed by atoms with Crippen LogP contribution in [0.2, 0.25) is 0 Å². The molecule has 0 aliphatic heterocycles. The number of aromatic nitrogens is 3. The number of nitrogen functional groups attached to an aromatic ring is 1. The molecule has 0 unspecified atom stereocenters. The molecule has 2 N–H and O–H groups in total. The first kappa shape index (κ1) is 11.5. The second kappa shape index (κ2) is 4.49. The minimum Gasteiger partial charge on any atom is -0.384 e. The SMILES string of the molecule is Cc1ccnc(-c2nc(N)cc(C(C)C)n2)c1. The number of rotatable bonds is 2. The van der Waals surface area contributed by atoms with E-state index < -0.39 is 0 Å². The standard InChI is InChI=1S/C13H16N4/c1-8(2)10-7-12(14)17-13(16-10)11-6-9(3)4-5-15-11/h4-8H,1-3H3,(H2,14,16,17). The van der Waals surface area contributed by atoms with E-state index >= 15 is 0 Å². The van der Waals surface area contributed by atoms with Gasteiger partial charge in [0.2, 0.25) is 0 Å². The first-order valence-electron chi connectivity index (χ1n) is 5.63. The van der Waals surface area contributed by atoms with Crippen LogP contribution in [0.1, 0.15) is 31.0 Å². The van der Waals surface area contributed by atoms with Gasteiger partial charge in [-0.15, -0.1) is 0 Å². The molecule has 0 aliphatic rings. The molecule has 0 atom stereocenters. The van der Waals surface area contributed by atoms with Crippen LogP contribution in [0.15, 0.2) is 24.4 Å². The number of aryl methyl sites for hydroxylation is 1. The molecule has 2 aromatic heterocycles. The summed E-state index contributed by atoms with van der Waals surface area (Å²) in [5, 5.41) is 0. The molecule has 2 heterocycles. The molecular formula is C13H16N4. The van der Waals surface area contributed by atoms with Gasteiger partial charge < -0.3 is 5.73 Å². The molecule has 0 bridgehead atoms. The Morgan fingerprint density at radius 3 is 2.59 bits per heavy atom. The minimum absolute atomic E-state index is 0.323. The van der Waals surface area contributed by atoms with Gasteiger partial charge in [-0.3, -0.25) is 4.98 Å². The highest BCUT2D eigenvalue weighted by Crippen LogP contribution is 2.19. The number of hydrogen-bond donors (Lipinski definition) is 1. The van der Waals surface area contributed by atoms with Gasteiger partial charge >= 0.3 is 0 Å². The lowest BCUT2D eigenvalue weighted by Crippen LogP contribution is -2.02. The van der Waals surface area contributed by atoms with Crippen LogP contribution in [0.4, 0.5) is 5.82 Å². The van der Waals surface area contributed by atoms with Gasteiger partial charge in [-0.05, 0) is 30.5 Å². The van der Waals surface area contributed by atoms with E-state index in [4.69, 9.17) is 5.73 Å². The zero-order chi connectivity index (χ0) is 12.4. The maximum atomic E-state index is 5.79. The van der Waals surface area contributed by atoms with Crippen LogP contribution in [-0.4, -0.2) is 15.0 Å². The normalized spacial score (nSPS) is 10.8. The van der Waals surface area contributed by atoms with E-state index in [0.29, 0.717) is 17.6 Å². The molecule has 17 heavy (non-hydrogen) atoms. The molecule has 88 valence electrons. The van der Waals surface area contributed by atoms with Crippen molar-refractivity contribution in [1.82, 2.24) is 15.0 Å². The third-order valence-electron chi connectivity index (χ3n) is 2.50. The lowest BCUT2D eigenvalue weighted by molar-refractivity contribution is 0.817. The largest absolute Gasteiger partial charge is 0.384 e. The number of anilines is 1. The molecule has 0 spiro atoms. The maximum absolute atomic E-state index is 5.79. The average Bonchev–Trinajstić information content (AvgIpc) is 2.28. The molecule has 4 nitrogen and oxygen atoms in total. The van der Waals surface area contributed by atoms with Crippen molar-refractivity contribution in [3.63, 3.8) is 0 Å². The fourth-order valence-corrected chi connectivity index (χ4v) is 1.55. The minimum atomic E-state index is 0.323. The second-order valence-electron chi connectivity index (χ2n) is 4.41. The van der Waals surface area contributed by atoms with E-state index in [9.17, 15) is 0 Å². The van der Waals surface area contributed by atoms with Crippen LogP contribution >= 0.6 is 0 Å². The fraction of sp³-hybridized carbons (Fsp3) is 0.308. The zero-order valence-electron chi connectivity index (χ0n) is 10.3. The summed E-state index contributed by atoms with van der Waals surface area (Å²) in [6.45, 7) is 6.17. The highest BCUT2D eigenvalue weighted by Gasteiger charge is 2.09. The summed E-state index contributed by atoms with van der Waals surface area (Å²) in [5.74, 6) is 1.41. The second-order valence-corrected chi connectivity index (χ2v) is 4.41. The van der Waals surface area contributed by atoms with E-state index in [-0.39, 0.29) is 0 Å². The van der Waals surface area contributed by atoms with Crippen molar-refractivity contribution in [3.05, 3.63) is 35.7 Å². The van der Waals surface area contributed by atoms with Gasteiger partial charge in [-0.1, -0.05) is 13.8 Å². The van der Waals surface area contributed by atoms with Crippen molar-refractivity contribution in [2.45, 2.75) is 26.7 Å². The van der Waals surface area contributed by atoms with Crippen molar-refractivity contribution in [2.24, 2.45) is 0 Å². The Balaban J connectivity index is 2.52. The van der Waals surface area contributed by atoms with Crippen LogP contribution in [0.3, 0.4) is 0 Å². The van der Waals surface area contributed by atoms with Crippen molar-refractivity contribution in [3.8, 4) is 11.5 Å². The Kier molecular flexibility index (Phi) is 3.04. The van der Waals surface area contributed by atoms with Crippen LogP contribution in [0.5, 0.6) is 0 Å². The predicted octanol–water partition coefficient (Wildman–Crippen LogP) is 2.55. The Morgan fingerprint density at radius 1 is 1.18 bits per heavy atom. The Morgan fingerprint density at radius 2 is 1.94 bits per heavy atom. The highest BCUT2D eigenvalue weighted by molar-refractivity contribution is 5.53. The van der Waals surface area contributed by atoms with Crippen molar-refractivity contribution < 1.29 is 0 Å². The topological polar surface area (TPSA) is 64.7 Å². The van der Waals surface area contributed by atoms with Crippen molar-refractivity contribution >= 4 is 5.82 Å². The number of nitrogens with two attached hydrogens (primary N) is 1. The summed E-state index contributed by atoms with van der Waals surface area (Å²) in [7, 11) is 0. The van der Waals surface area contributed by atoms with Gasteiger partial charge in [0.1, 0.15) is 11.5 Å². The van der Waals surface area contributed by atoms with E-state index in [1.54, 1.807) is 6.20 Å². The molecule has 0 amide bonds. The van der Waals surface area contributed by atoms with Gasteiger partial charge in [-0.25, -0.2) is 9.97 Å².